The van der Waals surface area contributed by atoms with E-state index in [1.54, 1.807) is 0 Å². The van der Waals surface area contributed by atoms with Gasteiger partial charge in [0, 0.05) is 54.8 Å². The molecule has 170 valence electrons. The molecule has 1 saturated heterocycles. The molecule has 0 N–H and O–H groups in total. The summed E-state index contributed by atoms with van der Waals surface area (Å²) in [5.74, 6) is 1.12. The molecule has 0 saturated carbocycles. The zero-order chi connectivity index (χ0) is 23.0. The van der Waals surface area contributed by atoms with E-state index in [2.05, 4.69) is 73.0 Å². The van der Waals surface area contributed by atoms with E-state index in [1.165, 1.54) is 5.56 Å². The van der Waals surface area contributed by atoms with Gasteiger partial charge in [-0.2, -0.15) is 9.61 Å². The van der Waals surface area contributed by atoms with Gasteiger partial charge >= 0.3 is 0 Å². The molecule has 2 aromatic carbocycles. The van der Waals surface area contributed by atoms with Gasteiger partial charge in [0.2, 0.25) is 0 Å². The van der Waals surface area contributed by atoms with E-state index in [9.17, 15) is 0 Å². The fraction of sp³-hybridized carbons (Fsp3) is 0.333. The van der Waals surface area contributed by atoms with Crippen molar-refractivity contribution >= 4 is 23.1 Å². The number of benzene rings is 2. The van der Waals surface area contributed by atoms with E-state index in [-0.39, 0.29) is 5.41 Å². The Labute approximate surface area is 200 Å². The molecule has 0 atom stereocenters. The van der Waals surface area contributed by atoms with Crippen LogP contribution in [0.4, 0.5) is 5.82 Å². The van der Waals surface area contributed by atoms with Crippen LogP contribution in [-0.4, -0.2) is 45.7 Å². The first-order valence-electron chi connectivity index (χ1n) is 11.5. The molecule has 2 aromatic heterocycles. The van der Waals surface area contributed by atoms with E-state index >= 15 is 0 Å². The number of hydrogen-bond acceptors (Lipinski definition) is 4. The van der Waals surface area contributed by atoms with Crippen LogP contribution in [0.1, 0.15) is 32.0 Å². The second-order valence-electron chi connectivity index (χ2n) is 9.80. The lowest BCUT2D eigenvalue weighted by Gasteiger charge is -2.36. The first kappa shape index (κ1) is 21.9. The van der Waals surface area contributed by atoms with E-state index in [0.717, 1.165) is 66.0 Å². The van der Waals surface area contributed by atoms with Crippen LogP contribution >= 0.6 is 11.6 Å². The summed E-state index contributed by atoms with van der Waals surface area (Å²) in [5, 5.41) is 5.56. The number of rotatable bonds is 4. The van der Waals surface area contributed by atoms with Crippen LogP contribution in [0.5, 0.6) is 0 Å². The molecule has 0 radical (unpaired) electrons. The molecule has 0 unspecified atom stereocenters. The molecule has 33 heavy (non-hydrogen) atoms. The molecule has 0 spiro atoms. The average molecular weight is 460 g/mol. The minimum absolute atomic E-state index is 0.0505. The fourth-order valence-corrected chi connectivity index (χ4v) is 4.49. The number of piperazine rings is 1. The lowest BCUT2D eigenvalue weighted by molar-refractivity contribution is 0.249. The summed E-state index contributed by atoms with van der Waals surface area (Å²) in [6.07, 6.45) is 1.95. The van der Waals surface area contributed by atoms with Crippen molar-refractivity contribution in [3.05, 3.63) is 83.1 Å². The third kappa shape index (κ3) is 4.61. The van der Waals surface area contributed by atoms with Crippen molar-refractivity contribution in [3.8, 4) is 11.1 Å². The largest absolute Gasteiger partial charge is 0.354 e. The molecule has 0 aliphatic carbocycles. The van der Waals surface area contributed by atoms with Crippen LogP contribution in [0.25, 0.3) is 16.8 Å². The Balaban J connectivity index is 1.44. The third-order valence-electron chi connectivity index (χ3n) is 6.32. The molecule has 5 rings (SSSR count). The van der Waals surface area contributed by atoms with E-state index in [1.807, 2.05) is 28.9 Å². The topological polar surface area (TPSA) is 36.7 Å². The van der Waals surface area contributed by atoms with Crippen molar-refractivity contribution in [1.29, 1.82) is 0 Å². The van der Waals surface area contributed by atoms with Crippen molar-refractivity contribution in [3.63, 3.8) is 0 Å². The van der Waals surface area contributed by atoms with Gasteiger partial charge in [-0.3, -0.25) is 4.90 Å². The van der Waals surface area contributed by atoms with Crippen molar-refractivity contribution in [2.75, 3.05) is 31.1 Å². The first-order chi connectivity index (χ1) is 15.9. The predicted octanol–water partition coefficient (Wildman–Crippen LogP) is 5.67. The number of halogens is 1. The summed E-state index contributed by atoms with van der Waals surface area (Å²) in [4.78, 5) is 10.0. The molecule has 3 heterocycles. The number of nitrogens with zero attached hydrogens (tertiary/aromatic N) is 5. The molecule has 0 bridgehead atoms. The Morgan fingerprint density at radius 2 is 1.61 bits per heavy atom. The molecule has 4 aromatic rings. The highest BCUT2D eigenvalue weighted by Gasteiger charge is 2.25. The molecule has 5 nitrogen and oxygen atoms in total. The van der Waals surface area contributed by atoms with Crippen LogP contribution in [0.3, 0.4) is 0 Å². The van der Waals surface area contributed by atoms with Gasteiger partial charge in [-0.1, -0.05) is 74.8 Å². The fourth-order valence-electron chi connectivity index (χ4n) is 4.36. The average Bonchev–Trinajstić information content (AvgIpc) is 3.25. The van der Waals surface area contributed by atoms with Gasteiger partial charge in [0.15, 0.2) is 5.65 Å². The summed E-state index contributed by atoms with van der Waals surface area (Å²) in [5.41, 5.74) is 5.48. The van der Waals surface area contributed by atoms with Crippen LogP contribution in [0, 0.1) is 0 Å². The Bertz CT molecular complexity index is 1230. The molecule has 1 aliphatic heterocycles. The van der Waals surface area contributed by atoms with Crippen LogP contribution < -0.4 is 4.90 Å². The quantitative estimate of drug-likeness (QED) is 0.394. The summed E-state index contributed by atoms with van der Waals surface area (Å²) in [6, 6.07) is 20.8. The SMILES string of the molecule is CC(C)(C)c1cc(N2CCN(Cc3ccc(Cl)cc3)CC2)n2ncc(-c3ccccc3)c2n1. The van der Waals surface area contributed by atoms with Gasteiger partial charge in [0.1, 0.15) is 5.82 Å². The molecular weight excluding hydrogens is 430 g/mol. The van der Waals surface area contributed by atoms with Gasteiger partial charge in [0.05, 0.1) is 11.9 Å². The maximum Gasteiger partial charge on any atom is 0.165 e. The Kier molecular flexibility index (Phi) is 5.85. The highest BCUT2D eigenvalue weighted by molar-refractivity contribution is 6.30. The van der Waals surface area contributed by atoms with Crippen molar-refractivity contribution < 1.29 is 0 Å². The molecule has 6 heteroatoms. The standard InChI is InChI=1S/C27H30ClN5/c1-27(2,3)24-17-25(33-26(30-24)23(18-29-33)21-7-5-4-6-8-21)32-15-13-31(14-16-32)19-20-9-11-22(28)12-10-20/h4-12,17-18H,13-16,19H2,1-3H3. The van der Waals surface area contributed by atoms with Gasteiger partial charge in [-0.05, 0) is 23.3 Å². The highest BCUT2D eigenvalue weighted by atomic mass is 35.5. The lowest BCUT2D eigenvalue weighted by atomic mass is 9.91. The molecule has 1 fully saturated rings. The summed E-state index contributed by atoms with van der Waals surface area (Å²) in [6.45, 7) is 11.5. The Hall–Kier alpha value is -2.89. The minimum atomic E-state index is -0.0505. The smallest absolute Gasteiger partial charge is 0.165 e. The second-order valence-corrected chi connectivity index (χ2v) is 10.2. The van der Waals surface area contributed by atoms with Crippen LogP contribution in [-0.2, 0) is 12.0 Å². The number of aromatic nitrogens is 3. The minimum Gasteiger partial charge on any atom is -0.354 e. The number of fused-ring (bicyclic) bond motifs is 1. The van der Waals surface area contributed by atoms with E-state index in [0.29, 0.717) is 0 Å². The summed E-state index contributed by atoms with van der Waals surface area (Å²) >= 11 is 6.04. The van der Waals surface area contributed by atoms with Crippen molar-refractivity contribution in [2.45, 2.75) is 32.7 Å². The monoisotopic (exact) mass is 459 g/mol. The maximum atomic E-state index is 6.04. The second kappa shape index (κ2) is 8.81. The predicted molar refractivity (Wildman–Crippen MR) is 136 cm³/mol. The number of hydrogen-bond donors (Lipinski definition) is 0. The molecule has 1 aliphatic rings. The van der Waals surface area contributed by atoms with E-state index in [4.69, 9.17) is 21.7 Å². The van der Waals surface area contributed by atoms with Crippen molar-refractivity contribution in [1.82, 2.24) is 19.5 Å². The summed E-state index contributed by atoms with van der Waals surface area (Å²) < 4.78 is 2.02. The Morgan fingerprint density at radius 1 is 0.909 bits per heavy atom. The zero-order valence-electron chi connectivity index (χ0n) is 19.5. The lowest BCUT2D eigenvalue weighted by Crippen LogP contribution is -2.46. The zero-order valence-corrected chi connectivity index (χ0v) is 20.3. The van der Waals surface area contributed by atoms with Gasteiger partial charge in [-0.25, -0.2) is 4.98 Å². The van der Waals surface area contributed by atoms with Gasteiger partial charge < -0.3 is 4.90 Å². The van der Waals surface area contributed by atoms with E-state index < -0.39 is 0 Å². The maximum absolute atomic E-state index is 6.04. The van der Waals surface area contributed by atoms with Crippen LogP contribution in [0.15, 0.2) is 66.9 Å². The third-order valence-corrected chi connectivity index (χ3v) is 6.57. The first-order valence-corrected chi connectivity index (χ1v) is 11.9. The Morgan fingerprint density at radius 3 is 2.27 bits per heavy atom. The number of anilines is 1. The van der Waals surface area contributed by atoms with Gasteiger partial charge in [-0.15, -0.1) is 0 Å². The van der Waals surface area contributed by atoms with Gasteiger partial charge in [0.25, 0.3) is 0 Å². The summed E-state index contributed by atoms with van der Waals surface area (Å²) in [7, 11) is 0. The van der Waals surface area contributed by atoms with Crippen molar-refractivity contribution in [2.24, 2.45) is 0 Å². The highest BCUT2D eigenvalue weighted by Crippen LogP contribution is 2.31. The van der Waals surface area contributed by atoms with Crippen LogP contribution in [0.2, 0.25) is 5.02 Å². The normalized spacial score (nSPS) is 15.3. The molecule has 0 amide bonds. The molecular formula is C27H30ClN5.